The van der Waals surface area contributed by atoms with Crippen molar-refractivity contribution in [3.05, 3.63) is 69.8 Å². The lowest BCUT2D eigenvalue weighted by atomic mass is 9.77. The summed E-state index contributed by atoms with van der Waals surface area (Å²) < 4.78 is 46.6. The number of nitrogens with zero attached hydrogens (tertiary/aromatic N) is 1. The minimum Gasteiger partial charge on any atom is -0.497 e. The highest BCUT2D eigenvalue weighted by atomic mass is 19.4. The molecule has 0 bridgehead atoms. The maximum atomic E-state index is 13.9. The summed E-state index contributed by atoms with van der Waals surface area (Å²) in [4.78, 5) is 35.4. The first-order valence-electron chi connectivity index (χ1n) is 8.78. The number of benzene rings is 2. The number of amides is 2. The Labute approximate surface area is 173 Å². The van der Waals surface area contributed by atoms with Crippen molar-refractivity contribution in [2.75, 3.05) is 7.11 Å². The Morgan fingerprint density at radius 2 is 1.87 bits per heavy atom. The van der Waals surface area contributed by atoms with E-state index in [0.29, 0.717) is 5.75 Å². The lowest BCUT2D eigenvalue weighted by Gasteiger charge is -2.45. The molecule has 0 aliphatic carbocycles. The third-order valence-electron chi connectivity index (χ3n) is 4.90. The second-order valence-electron chi connectivity index (χ2n) is 6.76. The number of halogens is 3. The van der Waals surface area contributed by atoms with Crippen LogP contribution in [-0.4, -0.2) is 40.9 Å². The number of hydrogen-bond donors (Lipinski definition) is 3. The van der Waals surface area contributed by atoms with E-state index in [1.807, 2.05) is 0 Å². The van der Waals surface area contributed by atoms with Crippen molar-refractivity contribution in [1.29, 1.82) is 0 Å². The number of ether oxygens (including phenoxy) is 1. The van der Waals surface area contributed by atoms with Crippen molar-refractivity contribution in [1.82, 2.24) is 10.6 Å². The van der Waals surface area contributed by atoms with Crippen molar-refractivity contribution in [2.45, 2.75) is 17.9 Å². The maximum Gasteiger partial charge on any atom is 0.437 e. The number of carbonyl (C=O) groups is 2. The van der Waals surface area contributed by atoms with Crippen LogP contribution in [0.2, 0.25) is 0 Å². The number of non-ortho nitro benzene ring substituents is 1. The Bertz CT molecular complexity index is 1030. The van der Waals surface area contributed by atoms with Crippen LogP contribution in [0.5, 0.6) is 5.75 Å². The molecule has 3 atom stereocenters. The largest absolute Gasteiger partial charge is 0.497 e. The molecule has 0 radical (unpaired) electrons. The zero-order valence-electron chi connectivity index (χ0n) is 15.8. The second kappa shape index (κ2) is 7.87. The highest BCUT2D eigenvalue weighted by Crippen LogP contribution is 2.44. The Balaban J connectivity index is 2.16. The van der Waals surface area contributed by atoms with Crippen LogP contribution in [0.1, 0.15) is 22.0 Å². The van der Waals surface area contributed by atoms with Gasteiger partial charge in [0.05, 0.1) is 18.1 Å². The minimum absolute atomic E-state index is 0.154. The predicted octanol–water partition coefficient (Wildman–Crippen LogP) is 2.71. The number of alkyl halides is 3. The van der Waals surface area contributed by atoms with Crippen LogP contribution >= 0.6 is 0 Å². The van der Waals surface area contributed by atoms with Crippen LogP contribution in [0.3, 0.4) is 0 Å². The van der Waals surface area contributed by atoms with E-state index in [-0.39, 0.29) is 11.1 Å². The maximum absolute atomic E-state index is 13.9. The Kier molecular flexibility index (Phi) is 5.59. The first-order chi connectivity index (χ1) is 14.5. The summed E-state index contributed by atoms with van der Waals surface area (Å²) in [5, 5.41) is 25.2. The number of ketones is 1. The first-order valence-corrected chi connectivity index (χ1v) is 8.78. The van der Waals surface area contributed by atoms with Gasteiger partial charge in [-0.3, -0.25) is 14.9 Å². The van der Waals surface area contributed by atoms with Crippen LogP contribution in [-0.2, 0) is 0 Å². The number of nitrogens with one attached hydrogen (secondary N) is 2. The van der Waals surface area contributed by atoms with Gasteiger partial charge in [-0.1, -0.05) is 12.1 Å². The number of urea groups is 1. The van der Waals surface area contributed by atoms with Gasteiger partial charge < -0.3 is 20.5 Å². The van der Waals surface area contributed by atoms with Gasteiger partial charge in [-0.25, -0.2) is 4.79 Å². The summed E-state index contributed by atoms with van der Waals surface area (Å²) in [6, 6.07) is 6.44. The fourth-order valence-electron chi connectivity index (χ4n) is 3.38. The third-order valence-corrected chi connectivity index (χ3v) is 4.90. The normalized spacial score (nSPS) is 23.5. The van der Waals surface area contributed by atoms with Crippen LogP contribution in [0.4, 0.5) is 23.7 Å². The molecule has 2 aromatic carbocycles. The molecule has 2 aromatic rings. The van der Waals surface area contributed by atoms with Crippen LogP contribution < -0.4 is 15.4 Å². The minimum atomic E-state index is -5.43. The van der Waals surface area contributed by atoms with Gasteiger partial charge in [0, 0.05) is 17.7 Å². The van der Waals surface area contributed by atoms with Gasteiger partial charge in [0.1, 0.15) is 11.7 Å². The van der Waals surface area contributed by atoms with Crippen LogP contribution in [0, 0.1) is 16.0 Å². The number of Topliss-reactive ketones (excluding diaryl/α,β-unsaturated/α-hetero) is 1. The lowest BCUT2D eigenvalue weighted by molar-refractivity contribution is -0.385. The van der Waals surface area contributed by atoms with Crippen LogP contribution in [0.15, 0.2) is 48.5 Å². The van der Waals surface area contributed by atoms with Gasteiger partial charge in [-0.2, -0.15) is 13.2 Å². The highest BCUT2D eigenvalue weighted by molar-refractivity contribution is 6.00. The monoisotopic (exact) mass is 439 g/mol. The van der Waals surface area contributed by atoms with Gasteiger partial charge in [0.15, 0.2) is 5.78 Å². The van der Waals surface area contributed by atoms with Crippen molar-refractivity contribution in [3.8, 4) is 5.75 Å². The number of nitro benzene ring substituents is 1. The molecule has 2 amide bonds. The Morgan fingerprint density at radius 1 is 1.23 bits per heavy atom. The summed E-state index contributed by atoms with van der Waals surface area (Å²) in [5.41, 5.74) is -4.74. The van der Waals surface area contributed by atoms with E-state index >= 15 is 0 Å². The third kappa shape index (κ3) is 4.01. The van der Waals surface area contributed by atoms with E-state index in [2.05, 4.69) is 5.32 Å². The van der Waals surface area contributed by atoms with Crippen molar-refractivity contribution in [2.24, 2.45) is 5.92 Å². The highest BCUT2D eigenvalue weighted by Gasteiger charge is 2.66. The molecular weight excluding hydrogens is 423 g/mol. The van der Waals surface area contributed by atoms with E-state index in [0.717, 1.165) is 12.1 Å². The quantitative estimate of drug-likeness (QED) is 0.373. The van der Waals surface area contributed by atoms with Crippen LogP contribution in [0.25, 0.3) is 0 Å². The average molecular weight is 439 g/mol. The van der Waals surface area contributed by atoms with E-state index < -0.39 is 46.3 Å². The summed E-state index contributed by atoms with van der Waals surface area (Å²) in [6.07, 6.45) is -5.43. The topological polar surface area (TPSA) is 131 Å². The number of carbonyl (C=O) groups excluding carboxylic acids is 2. The zero-order chi connectivity index (χ0) is 23.0. The summed E-state index contributed by atoms with van der Waals surface area (Å²) >= 11 is 0. The molecule has 1 aliphatic heterocycles. The molecule has 3 N–H and O–H groups in total. The fourth-order valence-corrected chi connectivity index (χ4v) is 3.38. The van der Waals surface area contributed by atoms with Gasteiger partial charge in [-0.15, -0.1) is 0 Å². The molecule has 0 spiro atoms. The van der Waals surface area contributed by atoms with Crippen molar-refractivity contribution >= 4 is 17.5 Å². The molecule has 1 fully saturated rings. The lowest BCUT2D eigenvalue weighted by Crippen LogP contribution is -2.72. The Hall–Kier alpha value is -3.67. The van der Waals surface area contributed by atoms with Gasteiger partial charge in [0.25, 0.3) is 5.69 Å². The number of nitro groups is 1. The predicted molar refractivity (Wildman–Crippen MR) is 99.3 cm³/mol. The molecule has 12 heteroatoms. The molecule has 1 aliphatic rings. The molecule has 1 heterocycles. The molecule has 1 saturated heterocycles. The molecule has 3 rings (SSSR count). The molecule has 0 aromatic heterocycles. The molecule has 164 valence electrons. The van der Waals surface area contributed by atoms with E-state index in [9.17, 15) is 38.0 Å². The summed E-state index contributed by atoms with van der Waals surface area (Å²) in [6.45, 7) is 0. The first kappa shape index (κ1) is 22.0. The second-order valence-corrected chi connectivity index (χ2v) is 6.76. The SMILES string of the molecule is COc1ccc(C(=O)[C@H]2[C@@H](c3cccc([N+](=O)[O-])c3)NC(=O)N[C@@]2(O)C(F)(F)F)cc1. The van der Waals surface area contributed by atoms with Crippen molar-refractivity contribution < 1.29 is 37.5 Å². The number of rotatable bonds is 5. The summed E-state index contributed by atoms with van der Waals surface area (Å²) in [7, 11) is 1.36. The van der Waals surface area contributed by atoms with E-state index in [1.54, 1.807) is 0 Å². The van der Waals surface area contributed by atoms with Gasteiger partial charge in [-0.05, 0) is 29.8 Å². The molecule has 31 heavy (non-hydrogen) atoms. The van der Waals surface area contributed by atoms with Gasteiger partial charge >= 0.3 is 12.2 Å². The van der Waals surface area contributed by atoms with Crippen molar-refractivity contribution in [3.63, 3.8) is 0 Å². The molecule has 9 nitrogen and oxygen atoms in total. The smallest absolute Gasteiger partial charge is 0.437 e. The van der Waals surface area contributed by atoms with E-state index in [1.165, 1.54) is 48.8 Å². The number of aliphatic hydroxyl groups is 1. The van der Waals surface area contributed by atoms with Gasteiger partial charge in [0.2, 0.25) is 5.72 Å². The molecular formula is C19H16F3N3O6. The number of hydrogen-bond acceptors (Lipinski definition) is 6. The standard InChI is InChI=1S/C19H16F3N3O6/c1-31-13-7-5-10(6-8-13)16(26)14-15(11-3-2-4-12(9-11)25(29)30)23-17(27)24-18(14,28)19(20,21)22/h2-9,14-15,28H,1H3,(H2,23,24,27)/t14-,15-,18+/m1/s1. The van der Waals surface area contributed by atoms with E-state index in [4.69, 9.17) is 4.74 Å². The Morgan fingerprint density at radius 3 is 2.42 bits per heavy atom. The molecule has 0 saturated carbocycles. The average Bonchev–Trinajstić information content (AvgIpc) is 2.72. The zero-order valence-corrected chi connectivity index (χ0v) is 15.8. The fraction of sp³-hybridized carbons (Fsp3) is 0.263. The molecule has 0 unspecified atom stereocenters. The summed E-state index contributed by atoms with van der Waals surface area (Å²) in [5.74, 6) is -3.10. The number of methoxy groups -OCH3 is 1.